The number of aromatic nitrogens is 2. The fraction of sp³-hybridized carbons (Fsp3) is 0.561. The molecule has 16 nitrogen and oxygen atoms in total. The number of fused-ring (bicyclic) bond motifs is 1. The molecule has 5 aliphatic rings. The summed E-state index contributed by atoms with van der Waals surface area (Å²) in [4.78, 5) is 92.8. The fourth-order valence-corrected chi connectivity index (χ4v) is 11.9. The third-order valence-corrected chi connectivity index (χ3v) is 16.3. The molecule has 1 aliphatic carbocycles. The molecule has 0 spiro atoms. The van der Waals surface area contributed by atoms with Gasteiger partial charge in [0, 0.05) is 101 Å². The minimum Gasteiger partial charge on any atom is -0.341 e. The van der Waals surface area contributed by atoms with Crippen LogP contribution in [0.2, 0.25) is 0 Å². The van der Waals surface area contributed by atoms with Gasteiger partial charge in [0.15, 0.2) is 0 Å². The van der Waals surface area contributed by atoms with Gasteiger partial charge in [0.2, 0.25) is 17.7 Å². The van der Waals surface area contributed by atoms with Crippen molar-refractivity contribution in [1.29, 1.82) is 0 Å². The van der Waals surface area contributed by atoms with Gasteiger partial charge in [-0.3, -0.25) is 38.6 Å². The Labute approximate surface area is 434 Å². The summed E-state index contributed by atoms with van der Waals surface area (Å²) in [5, 5.41) is 14.5. The monoisotopic (exact) mass is 1010 g/mol. The number of hydrogen-bond donors (Lipinski definition) is 3. The Morgan fingerprint density at radius 2 is 1.42 bits per heavy atom. The molecule has 5 amide bonds. The van der Waals surface area contributed by atoms with Crippen LogP contribution in [0.5, 0.6) is 0 Å². The van der Waals surface area contributed by atoms with Crippen LogP contribution in [0.15, 0.2) is 71.5 Å². The third-order valence-electron chi connectivity index (χ3n) is 16.3. The normalized spacial score (nSPS) is 20.2. The van der Waals surface area contributed by atoms with E-state index < -0.39 is 17.8 Å². The Morgan fingerprint density at radius 3 is 2.16 bits per heavy atom. The first-order chi connectivity index (χ1) is 35.9. The Kier molecular flexibility index (Phi) is 17.5. The number of hydrogen-bond acceptors (Lipinski definition) is 10. The summed E-state index contributed by atoms with van der Waals surface area (Å²) in [5.41, 5.74) is 2.63. The van der Waals surface area contributed by atoms with Gasteiger partial charge in [0.25, 0.3) is 17.4 Å². The van der Waals surface area contributed by atoms with Crippen LogP contribution in [0.25, 0.3) is 10.8 Å². The SMILES string of the molecule is CC(C)NCC(=O)N1CCCC(c2cccc(C(=O)N[C@@H](C(=O)N3CCN(CC4CCN(CC(=O)N5CCN(C(=O)c6cc(Cc7n[nH]c(=O)c8ccccc78)ccc6F)CC5)CC4)CC3)C3CCCCC3)c2)C1. The number of rotatable bonds is 15. The lowest BCUT2D eigenvalue weighted by Crippen LogP contribution is -2.57. The van der Waals surface area contributed by atoms with Crippen molar-refractivity contribution in [3.05, 3.63) is 111 Å². The van der Waals surface area contributed by atoms with E-state index >= 15 is 4.39 Å². The van der Waals surface area contributed by atoms with Gasteiger partial charge in [-0.25, -0.2) is 9.49 Å². The summed E-state index contributed by atoms with van der Waals surface area (Å²) in [7, 11) is 0. The maximum absolute atomic E-state index is 15.1. The molecule has 4 aliphatic heterocycles. The number of halogens is 1. The number of carbonyl (C=O) groups excluding carboxylic acids is 5. The quantitative estimate of drug-likeness (QED) is 0.149. The molecule has 0 radical (unpaired) electrons. The summed E-state index contributed by atoms with van der Waals surface area (Å²) in [6.45, 7) is 12.9. The highest BCUT2D eigenvalue weighted by molar-refractivity contribution is 5.98. The van der Waals surface area contributed by atoms with Crippen LogP contribution in [0.4, 0.5) is 4.39 Å². The van der Waals surface area contributed by atoms with E-state index in [1.54, 1.807) is 29.2 Å². The lowest BCUT2D eigenvalue weighted by Gasteiger charge is -2.41. The van der Waals surface area contributed by atoms with Crippen molar-refractivity contribution in [1.82, 2.24) is 50.2 Å². The number of amides is 5. The zero-order valence-corrected chi connectivity index (χ0v) is 43.4. The van der Waals surface area contributed by atoms with Gasteiger partial charge in [-0.1, -0.05) is 69.5 Å². The average Bonchev–Trinajstić information content (AvgIpc) is 3.43. The molecule has 0 bridgehead atoms. The summed E-state index contributed by atoms with van der Waals surface area (Å²) in [6, 6.07) is 19.1. The van der Waals surface area contributed by atoms with Crippen molar-refractivity contribution in [2.45, 2.75) is 96.1 Å². The first-order valence-corrected chi connectivity index (χ1v) is 27.3. The third kappa shape index (κ3) is 13.1. The maximum atomic E-state index is 15.1. The molecule has 17 heteroatoms. The minimum atomic E-state index is -0.606. The Bertz CT molecular complexity index is 2690. The molecule has 1 unspecified atom stereocenters. The number of carbonyl (C=O) groups is 5. The molecule has 5 fully saturated rings. The van der Waals surface area contributed by atoms with Crippen LogP contribution in [0.1, 0.15) is 115 Å². The first kappa shape index (κ1) is 52.8. The number of benzene rings is 3. The second kappa shape index (κ2) is 24.5. The number of nitrogens with one attached hydrogen (secondary N) is 3. The largest absolute Gasteiger partial charge is 0.341 e. The van der Waals surface area contributed by atoms with E-state index in [2.05, 4.69) is 36.7 Å². The topological polar surface area (TPSA) is 175 Å². The van der Waals surface area contributed by atoms with Crippen LogP contribution in [0, 0.1) is 17.7 Å². The fourth-order valence-electron chi connectivity index (χ4n) is 11.9. The smallest absolute Gasteiger partial charge is 0.272 e. The number of likely N-dealkylation sites (tertiary alicyclic amines) is 2. The molecule has 5 heterocycles. The second-order valence-electron chi connectivity index (χ2n) is 21.7. The highest BCUT2D eigenvalue weighted by atomic mass is 19.1. The van der Waals surface area contributed by atoms with Crippen molar-refractivity contribution >= 4 is 40.3 Å². The number of nitrogens with zero attached hydrogens (tertiary/aromatic N) is 7. The summed E-state index contributed by atoms with van der Waals surface area (Å²) < 4.78 is 15.1. The van der Waals surface area contributed by atoms with E-state index in [9.17, 15) is 28.8 Å². The standard InChI is InChI=1S/C57H75FN10O6/c1-39(2)59-35-51(69)68-21-9-14-45(37-68)43-12-8-13-44(34-43)54(71)60-53(42-10-4-3-5-11-42)57(74)67-26-24-64(25-27-67)36-40-19-22-63(23-20-40)38-52(70)65-28-30-66(31-29-65)56(73)48-32-41(17-18-49(48)58)33-50-46-15-6-7-16-47(46)55(72)62-61-50/h6-8,12-13,15-18,32,34,39-40,42,45,53,59H,3-5,9-11,14,19-31,33,35-38H2,1-2H3,(H,60,71)(H,62,72)/t45?,53-/m1/s1. The average molecular weight is 1020 g/mol. The molecule has 3 N–H and O–H groups in total. The van der Waals surface area contributed by atoms with E-state index in [4.69, 9.17) is 0 Å². The van der Waals surface area contributed by atoms with E-state index in [-0.39, 0.29) is 52.6 Å². The maximum Gasteiger partial charge on any atom is 0.272 e. The molecular weight excluding hydrogens is 940 g/mol. The molecule has 4 aromatic rings. The second-order valence-corrected chi connectivity index (χ2v) is 21.7. The van der Waals surface area contributed by atoms with Crippen molar-refractivity contribution in [2.24, 2.45) is 11.8 Å². The van der Waals surface area contributed by atoms with Gasteiger partial charge >= 0.3 is 0 Å². The minimum absolute atomic E-state index is 0.0224. The predicted octanol–water partition coefficient (Wildman–Crippen LogP) is 4.88. The van der Waals surface area contributed by atoms with E-state index in [1.807, 2.05) is 58.9 Å². The van der Waals surface area contributed by atoms with Crippen LogP contribution < -0.4 is 16.2 Å². The van der Waals surface area contributed by atoms with Crippen LogP contribution in [0.3, 0.4) is 0 Å². The van der Waals surface area contributed by atoms with Gasteiger partial charge in [-0.05, 0) is 105 Å². The van der Waals surface area contributed by atoms with E-state index in [0.29, 0.717) is 98.8 Å². The first-order valence-electron chi connectivity index (χ1n) is 27.3. The van der Waals surface area contributed by atoms with Gasteiger partial charge in [-0.15, -0.1) is 0 Å². The molecule has 4 saturated heterocycles. The molecule has 396 valence electrons. The summed E-state index contributed by atoms with van der Waals surface area (Å²) in [5.74, 6) is -0.316. The predicted molar refractivity (Wildman–Crippen MR) is 282 cm³/mol. The van der Waals surface area contributed by atoms with Crippen LogP contribution in [-0.4, -0.2) is 179 Å². The van der Waals surface area contributed by atoms with E-state index in [1.165, 1.54) is 6.07 Å². The molecule has 1 aromatic heterocycles. The highest BCUT2D eigenvalue weighted by Gasteiger charge is 2.37. The molecule has 1 saturated carbocycles. The van der Waals surface area contributed by atoms with Crippen LogP contribution in [-0.2, 0) is 20.8 Å². The number of piperidine rings is 2. The summed E-state index contributed by atoms with van der Waals surface area (Å²) >= 11 is 0. The van der Waals surface area contributed by atoms with Crippen molar-refractivity contribution in [3.63, 3.8) is 0 Å². The van der Waals surface area contributed by atoms with E-state index in [0.717, 1.165) is 103 Å². The lowest BCUT2D eigenvalue weighted by atomic mass is 9.83. The van der Waals surface area contributed by atoms with Crippen molar-refractivity contribution in [3.8, 4) is 0 Å². The number of H-pyrrole nitrogens is 1. The lowest BCUT2D eigenvalue weighted by molar-refractivity contribution is -0.137. The molecule has 3 aromatic carbocycles. The highest BCUT2D eigenvalue weighted by Crippen LogP contribution is 2.31. The Balaban J connectivity index is 0.705. The Morgan fingerprint density at radius 1 is 0.703 bits per heavy atom. The van der Waals surface area contributed by atoms with Gasteiger partial charge in [-0.2, -0.15) is 5.10 Å². The zero-order chi connectivity index (χ0) is 51.7. The zero-order valence-electron chi connectivity index (χ0n) is 43.4. The van der Waals surface area contributed by atoms with Crippen molar-refractivity contribution < 1.29 is 28.4 Å². The molecular formula is C57H75FN10O6. The Hall–Kier alpha value is -6.04. The molecule has 2 atom stereocenters. The van der Waals surface area contributed by atoms with Gasteiger partial charge in [0.1, 0.15) is 11.9 Å². The molecule has 9 rings (SSSR count). The van der Waals surface area contributed by atoms with Crippen LogP contribution >= 0.6 is 0 Å². The van der Waals surface area contributed by atoms with Gasteiger partial charge in [0.05, 0.1) is 29.7 Å². The number of aromatic amines is 1. The van der Waals surface area contributed by atoms with Gasteiger partial charge < -0.3 is 30.2 Å². The van der Waals surface area contributed by atoms with Crippen molar-refractivity contribution in [2.75, 3.05) is 98.2 Å². The summed E-state index contributed by atoms with van der Waals surface area (Å²) in [6.07, 6.45) is 9.27. The number of piperazine rings is 2. The molecule has 74 heavy (non-hydrogen) atoms.